The van der Waals surface area contributed by atoms with E-state index in [1.54, 1.807) is 11.0 Å². The first-order valence-corrected chi connectivity index (χ1v) is 6.93. The molecule has 1 aromatic carbocycles. The molecule has 0 aliphatic heterocycles. The molecule has 0 unspecified atom stereocenters. The molecule has 2 N–H and O–H groups in total. The van der Waals surface area contributed by atoms with Crippen LogP contribution in [-0.4, -0.2) is 26.5 Å². The average molecular weight is 320 g/mol. The first-order chi connectivity index (χ1) is 9.31. The van der Waals surface area contributed by atoms with Crippen LogP contribution in [0.2, 0.25) is 0 Å². The van der Waals surface area contributed by atoms with Gasteiger partial charge >= 0.3 is 0 Å². The van der Waals surface area contributed by atoms with E-state index >= 15 is 0 Å². The largest absolute Gasteiger partial charge is 0.361 e. The average Bonchev–Trinajstić information content (AvgIpc) is 3.03. The molecule has 0 fully saturated rings. The Bertz CT molecular complexity index is 672. The summed E-state index contributed by atoms with van der Waals surface area (Å²) in [6.07, 6.45) is 3.66. The molecule has 3 aromatic rings. The van der Waals surface area contributed by atoms with E-state index in [1.165, 1.54) is 16.5 Å². The Kier molecular flexibility index (Phi) is 3.61. The van der Waals surface area contributed by atoms with Crippen molar-refractivity contribution in [3.05, 3.63) is 46.8 Å². The molecule has 0 bridgehead atoms. The summed E-state index contributed by atoms with van der Waals surface area (Å²) < 4.78 is 0.768. The van der Waals surface area contributed by atoms with Crippen molar-refractivity contribution >= 4 is 26.8 Å². The summed E-state index contributed by atoms with van der Waals surface area (Å²) in [5, 5.41) is 12.9. The second-order valence-electron chi connectivity index (χ2n) is 4.34. The summed E-state index contributed by atoms with van der Waals surface area (Å²) in [5.74, 6) is 0. The maximum Gasteiger partial charge on any atom is 0.148 e. The smallest absolute Gasteiger partial charge is 0.148 e. The molecule has 0 saturated carbocycles. The van der Waals surface area contributed by atoms with Gasteiger partial charge in [-0.1, -0.05) is 12.1 Å². The molecule has 0 saturated heterocycles. The molecule has 2 aromatic heterocycles. The molecule has 3 rings (SSSR count). The van der Waals surface area contributed by atoms with Crippen LogP contribution >= 0.6 is 15.9 Å². The highest BCUT2D eigenvalue weighted by molar-refractivity contribution is 9.10. The topological polar surface area (TPSA) is 58.5 Å². The monoisotopic (exact) mass is 319 g/mol. The fourth-order valence-electron chi connectivity index (χ4n) is 2.00. The molecule has 5 nitrogen and oxygen atoms in total. The highest BCUT2D eigenvalue weighted by atomic mass is 79.9. The fourth-order valence-corrected chi connectivity index (χ4v) is 2.28. The van der Waals surface area contributed by atoms with Crippen molar-refractivity contribution in [2.75, 3.05) is 6.54 Å². The molecule has 98 valence electrons. The van der Waals surface area contributed by atoms with E-state index < -0.39 is 0 Å². The highest BCUT2D eigenvalue weighted by Crippen LogP contribution is 2.13. The number of hydrogen-bond donors (Lipinski definition) is 2. The third-order valence-corrected chi connectivity index (χ3v) is 3.31. The van der Waals surface area contributed by atoms with Crippen LogP contribution in [0.1, 0.15) is 5.56 Å². The van der Waals surface area contributed by atoms with Crippen LogP contribution in [0.25, 0.3) is 10.9 Å². The summed E-state index contributed by atoms with van der Waals surface area (Å²) in [4.78, 5) is 4.89. The summed E-state index contributed by atoms with van der Waals surface area (Å²) in [6, 6.07) is 8.53. The lowest BCUT2D eigenvalue weighted by molar-refractivity contribution is 0.500. The lowest BCUT2D eigenvalue weighted by atomic mass is 10.1. The Morgan fingerprint density at radius 3 is 3.11 bits per heavy atom. The number of nitrogens with one attached hydrogen (secondary N) is 2. The van der Waals surface area contributed by atoms with Crippen molar-refractivity contribution in [3.63, 3.8) is 0 Å². The van der Waals surface area contributed by atoms with Gasteiger partial charge in [0.2, 0.25) is 0 Å². The zero-order chi connectivity index (χ0) is 13.1. The van der Waals surface area contributed by atoms with Crippen LogP contribution in [0.15, 0.2) is 41.3 Å². The summed E-state index contributed by atoms with van der Waals surface area (Å²) in [6.45, 7) is 2.44. The van der Waals surface area contributed by atoms with Crippen molar-refractivity contribution in [3.8, 4) is 0 Å². The number of fused-ring (bicyclic) bond motifs is 1. The number of rotatable bonds is 5. The van der Waals surface area contributed by atoms with Crippen molar-refractivity contribution in [1.82, 2.24) is 25.3 Å². The first-order valence-electron chi connectivity index (χ1n) is 6.14. The summed E-state index contributed by atoms with van der Waals surface area (Å²) >= 11 is 3.28. The lowest BCUT2D eigenvalue weighted by Crippen LogP contribution is -2.20. The standard InChI is InChI=1S/C13H14BrN5/c14-13-9-17-19(18-13)6-5-15-8-10-1-2-11-3-4-16-12(11)7-10/h1-4,7,9,15-16H,5-6,8H2. The van der Waals surface area contributed by atoms with Gasteiger partial charge in [0.25, 0.3) is 0 Å². The number of halogens is 1. The Labute approximate surface area is 119 Å². The van der Waals surface area contributed by atoms with Crippen molar-refractivity contribution < 1.29 is 0 Å². The Morgan fingerprint density at radius 1 is 1.32 bits per heavy atom. The predicted octanol–water partition coefficient (Wildman–Crippen LogP) is 2.31. The van der Waals surface area contributed by atoms with Gasteiger partial charge in [-0.3, -0.25) is 0 Å². The molecule has 0 atom stereocenters. The highest BCUT2D eigenvalue weighted by Gasteiger charge is 1.99. The zero-order valence-corrected chi connectivity index (χ0v) is 11.9. The second kappa shape index (κ2) is 5.54. The van der Waals surface area contributed by atoms with Crippen LogP contribution in [0.5, 0.6) is 0 Å². The van der Waals surface area contributed by atoms with Gasteiger partial charge in [0, 0.05) is 24.8 Å². The van der Waals surface area contributed by atoms with E-state index in [4.69, 9.17) is 0 Å². The van der Waals surface area contributed by atoms with Crippen molar-refractivity contribution in [1.29, 1.82) is 0 Å². The molecule has 0 aliphatic rings. The normalized spacial score (nSPS) is 11.2. The van der Waals surface area contributed by atoms with E-state index in [2.05, 4.69) is 60.7 Å². The van der Waals surface area contributed by atoms with Crippen LogP contribution in [-0.2, 0) is 13.1 Å². The van der Waals surface area contributed by atoms with Gasteiger partial charge < -0.3 is 10.3 Å². The van der Waals surface area contributed by atoms with Crippen LogP contribution in [0.3, 0.4) is 0 Å². The number of benzene rings is 1. The summed E-state index contributed by atoms with van der Waals surface area (Å²) in [7, 11) is 0. The van der Waals surface area contributed by atoms with Gasteiger partial charge in [0.05, 0.1) is 12.7 Å². The first kappa shape index (κ1) is 12.4. The predicted molar refractivity (Wildman–Crippen MR) is 77.7 cm³/mol. The SMILES string of the molecule is Brc1cnn(CCNCc2ccc3cc[nH]c3c2)n1. The van der Waals surface area contributed by atoms with E-state index in [0.717, 1.165) is 24.2 Å². The van der Waals surface area contributed by atoms with Gasteiger partial charge in [-0.2, -0.15) is 9.90 Å². The quantitative estimate of drug-likeness (QED) is 0.709. The Morgan fingerprint density at radius 2 is 2.26 bits per heavy atom. The number of aromatic nitrogens is 4. The van der Waals surface area contributed by atoms with Gasteiger partial charge in [0.15, 0.2) is 0 Å². The van der Waals surface area contributed by atoms with E-state index in [9.17, 15) is 0 Å². The molecular weight excluding hydrogens is 306 g/mol. The fraction of sp³-hybridized carbons (Fsp3) is 0.231. The second-order valence-corrected chi connectivity index (χ2v) is 5.15. The maximum absolute atomic E-state index is 4.17. The molecule has 0 radical (unpaired) electrons. The van der Waals surface area contributed by atoms with E-state index in [0.29, 0.717) is 0 Å². The number of hydrogen-bond acceptors (Lipinski definition) is 3. The number of nitrogens with zero attached hydrogens (tertiary/aromatic N) is 3. The van der Waals surface area contributed by atoms with Gasteiger partial charge in [0.1, 0.15) is 4.60 Å². The van der Waals surface area contributed by atoms with Crippen molar-refractivity contribution in [2.24, 2.45) is 0 Å². The third-order valence-electron chi connectivity index (χ3n) is 2.95. The zero-order valence-electron chi connectivity index (χ0n) is 10.3. The van der Waals surface area contributed by atoms with Crippen LogP contribution in [0, 0.1) is 0 Å². The Balaban J connectivity index is 1.51. The lowest BCUT2D eigenvalue weighted by Gasteiger charge is -2.04. The summed E-state index contributed by atoms with van der Waals surface area (Å²) in [5.41, 5.74) is 2.45. The van der Waals surface area contributed by atoms with Crippen LogP contribution < -0.4 is 5.32 Å². The molecule has 6 heteroatoms. The van der Waals surface area contributed by atoms with E-state index in [1.807, 2.05) is 6.20 Å². The van der Waals surface area contributed by atoms with Gasteiger partial charge in [-0.15, -0.1) is 5.10 Å². The minimum Gasteiger partial charge on any atom is -0.361 e. The molecule has 0 spiro atoms. The molecule has 19 heavy (non-hydrogen) atoms. The molecule has 0 aliphatic carbocycles. The molecular formula is C13H14BrN5. The van der Waals surface area contributed by atoms with Gasteiger partial charge in [-0.25, -0.2) is 0 Å². The number of H-pyrrole nitrogens is 1. The molecule has 2 heterocycles. The minimum atomic E-state index is 0.760. The van der Waals surface area contributed by atoms with E-state index in [-0.39, 0.29) is 0 Å². The number of aromatic amines is 1. The Hall–Kier alpha value is -1.66. The third kappa shape index (κ3) is 3.02. The van der Waals surface area contributed by atoms with Crippen molar-refractivity contribution in [2.45, 2.75) is 13.1 Å². The molecule has 0 amide bonds. The maximum atomic E-state index is 4.17. The van der Waals surface area contributed by atoms with Crippen LogP contribution in [0.4, 0.5) is 0 Å². The minimum absolute atomic E-state index is 0.760. The van der Waals surface area contributed by atoms with Gasteiger partial charge in [-0.05, 0) is 39.0 Å².